The van der Waals surface area contributed by atoms with Gasteiger partial charge in [-0.15, -0.1) is 0 Å². The molecule has 0 spiro atoms. The number of rotatable bonds is 6. The minimum Gasteiger partial charge on any atom is -0.481 e. The lowest BCUT2D eigenvalue weighted by atomic mass is 9.33. The molecular weight excluding hydrogens is 516 g/mol. The summed E-state index contributed by atoms with van der Waals surface area (Å²) in [7, 11) is 0. The molecule has 5 aliphatic rings. The van der Waals surface area contributed by atoms with Crippen molar-refractivity contribution in [1.29, 1.82) is 0 Å². The highest BCUT2D eigenvalue weighted by atomic mass is 16.5. The van der Waals surface area contributed by atoms with E-state index in [0.717, 1.165) is 38.7 Å². The molecule has 0 aromatic heterocycles. The van der Waals surface area contributed by atoms with Crippen LogP contribution in [0.4, 0.5) is 0 Å². The van der Waals surface area contributed by atoms with E-state index in [2.05, 4.69) is 78.0 Å². The number of fused-ring (bicyclic) bond motifs is 7. The predicted octanol–water partition coefficient (Wildman–Crippen LogP) is 9.89. The second-order valence-corrected chi connectivity index (χ2v) is 17.4. The van der Waals surface area contributed by atoms with Gasteiger partial charge in [-0.2, -0.15) is 0 Å². The van der Waals surface area contributed by atoms with Crippen molar-refractivity contribution in [1.82, 2.24) is 0 Å². The Balaban J connectivity index is 1.22. The molecule has 3 nitrogen and oxygen atoms in total. The molecule has 0 saturated heterocycles. The lowest BCUT2D eigenvalue weighted by Crippen LogP contribution is -2.64. The van der Waals surface area contributed by atoms with Crippen LogP contribution in [0.5, 0.6) is 0 Å². The third-order valence-corrected chi connectivity index (χ3v) is 15.1. The van der Waals surface area contributed by atoms with Gasteiger partial charge in [0.2, 0.25) is 0 Å². The summed E-state index contributed by atoms with van der Waals surface area (Å²) in [6.45, 7) is 18.3. The third kappa shape index (κ3) is 4.40. The molecule has 6 rings (SSSR count). The summed E-state index contributed by atoms with van der Waals surface area (Å²) < 4.78 is 6.73. The minimum absolute atomic E-state index is 0.166. The summed E-state index contributed by atoms with van der Waals surface area (Å²) in [6, 6.07) is 10.8. The largest absolute Gasteiger partial charge is 0.481 e. The summed E-state index contributed by atoms with van der Waals surface area (Å²) in [5.74, 6) is 1.17. The van der Waals surface area contributed by atoms with Crippen LogP contribution in [0.2, 0.25) is 0 Å². The Morgan fingerprint density at radius 2 is 1.60 bits per heavy atom. The summed E-state index contributed by atoms with van der Waals surface area (Å²) in [5.41, 5.74) is 3.64. The minimum atomic E-state index is -0.591. The number of carbonyl (C=O) groups is 1. The maximum atomic E-state index is 12.4. The Morgan fingerprint density at radius 1 is 0.881 bits per heavy atom. The Bertz CT molecular complexity index is 1220. The van der Waals surface area contributed by atoms with Crippen LogP contribution in [0.1, 0.15) is 125 Å². The standard InChI is InChI=1S/C39H58O3/c1-34(2)30-17-20-39(7)31(37(30,5)19-18-32(34)42-25-11-14-27-12-9-8-10-13-27)16-15-28-29-26-36(4,33(40)41)22-21-35(29,3)23-24-38(28,39)6/h8-10,12-13,15,29-32H,11,14,16-26H2,1-7H3,(H,40,41)/t29?,30?,31?,32?,35?,36-,37?,38+,39?/m0/s1. The van der Waals surface area contributed by atoms with Crippen molar-refractivity contribution < 1.29 is 14.6 Å². The van der Waals surface area contributed by atoms with E-state index in [0.29, 0.717) is 29.3 Å². The first-order chi connectivity index (χ1) is 19.7. The van der Waals surface area contributed by atoms with Gasteiger partial charge in [0, 0.05) is 6.61 Å². The van der Waals surface area contributed by atoms with Crippen LogP contribution in [-0.4, -0.2) is 23.8 Å². The lowest BCUT2D eigenvalue weighted by Gasteiger charge is -2.71. The molecule has 0 heterocycles. The van der Waals surface area contributed by atoms with E-state index in [1.807, 2.05) is 6.92 Å². The third-order valence-electron chi connectivity index (χ3n) is 15.1. The normalized spacial score (nSPS) is 45.9. The van der Waals surface area contributed by atoms with Crippen molar-refractivity contribution in [2.24, 2.45) is 50.2 Å². The maximum Gasteiger partial charge on any atom is 0.309 e. The molecule has 42 heavy (non-hydrogen) atoms. The Hall–Kier alpha value is -1.61. The van der Waals surface area contributed by atoms with Crippen molar-refractivity contribution in [3.05, 3.63) is 47.5 Å². The molecule has 1 aromatic rings. The molecule has 232 valence electrons. The molecule has 4 saturated carbocycles. The second kappa shape index (κ2) is 10.2. The molecule has 3 heteroatoms. The van der Waals surface area contributed by atoms with Crippen LogP contribution in [0.25, 0.3) is 0 Å². The summed E-state index contributed by atoms with van der Waals surface area (Å²) >= 11 is 0. The number of aryl methyl sites for hydroxylation is 1. The van der Waals surface area contributed by atoms with Gasteiger partial charge in [0.05, 0.1) is 11.5 Å². The average Bonchev–Trinajstić information content (AvgIpc) is 2.94. The van der Waals surface area contributed by atoms with E-state index in [4.69, 9.17) is 4.74 Å². The van der Waals surface area contributed by atoms with E-state index in [9.17, 15) is 9.90 Å². The Labute approximate surface area is 256 Å². The van der Waals surface area contributed by atoms with Crippen LogP contribution < -0.4 is 0 Å². The molecular formula is C39H58O3. The zero-order valence-corrected chi connectivity index (χ0v) is 27.7. The number of carboxylic acids is 1. The number of aliphatic carboxylic acids is 1. The van der Waals surface area contributed by atoms with Gasteiger partial charge in [-0.3, -0.25) is 4.79 Å². The number of hydrogen-bond acceptors (Lipinski definition) is 2. The van der Waals surface area contributed by atoms with Crippen molar-refractivity contribution >= 4 is 5.97 Å². The first-order valence-corrected chi connectivity index (χ1v) is 17.3. The van der Waals surface area contributed by atoms with Crippen LogP contribution in [0, 0.1) is 50.2 Å². The van der Waals surface area contributed by atoms with E-state index in [1.165, 1.54) is 50.5 Å². The van der Waals surface area contributed by atoms with Crippen LogP contribution >= 0.6 is 0 Å². The number of ether oxygens (including phenoxy) is 1. The fourth-order valence-corrected chi connectivity index (χ4v) is 12.0. The van der Waals surface area contributed by atoms with Crippen LogP contribution in [0.15, 0.2) is 42.0 Å². The Morgan fingerprint density at radius 3 is 2.31 bits per heavy atom. The molecule has 0 bridgehead atoms. The fraction of sp³-hybridized carbons (Fsp3) is 0.769. The van der Waals surface area contributed by atoms with E-state index in [-0.39, 0.29) is 21.7 Å². The number of allylic oxidation sites excluding steroid dienone is 2. The van der Waals surface area contributed by atoms with Crippen molar-refractivity contribution in [2.75, 3.05) is 6.61 Å². The van der Waals surface area contributed by atoms with Crippen LogP contribution in [0.3, 0.4) is 0 Å². The zero-order valence-electron chi connectivity index (χ0n) is 27.7. The molecule has 4 fully saturated rings. The molecule has 5 aliphatic carbocycles. The van der Waals surface area contributed by atoms with Gasteiger partial charge < -0.3 is 9.84 Å². The molecule has 0 amide bonds. The molecule has 0 aliphatic heterocycles. The van der Waals surface area contributed by atoms with Crippen LogP contribution in [-0.2, 0) is 16.0 Å². The maximum absolute atomic E-state index is 12.4. The predicted molar refractivity (Wildman–Crippen MR) is 171 cm³/mol. The Kier molecular flexibility index (Phi) is 7.40. The van der Waals surface area contributed by atoms with Gasteiger partial charge in [-0.25, -0.2) is 0 Å². The summed E-state index contributed by atoms with van der Waals surface area (Å²) in [5, 5.41) is 10.2. The topological polar surface area (TPSA) is 46.5 Å². The van der Waals surface area contributed by atoms with Gasteiger partial charge in [-0.1, -0.05) is 83.5 Å². The van der Waals surface area contributed by atoms with Gasteiger partial charge in [0.25, 0.3) is 0 Å². The second-order valence-electron chi connectivity index (χ2n) is 17.4. The molecule has 1 aromatic carbocycles. The fourth-order valence-electron chi connectivity index (χ4n) is 12.0. The molecule has 7 unspecified atom stereocenters. The van der Waals surface area contributed by atoms with E-state index in [1.54, 1.807) is 5.57 Å². The lowest BCUT2D eigenvalue weighted by molar-refractivity contribution is -0.211. The van der Waals surface area contributed by atoms with Gasteiger partial charge in [0.15, 0.2) is 0 Å². The quantitative estimate of drug-likeness (QED) is 0.272. The van der Waals surface area contributed by atoms with Crippen molar-refractivity contribution in [2.45, 2.75) is 132 Å². The van der Waals surface area contributed by atoms with Crippen molar-refractivity contribution in [3.8, 4) is 0 Å². The monoisotopic (exact) mass is 574 g/mol. The summed E-state index contributed by atoms with van der Waals surface area (Å²) in [4.78, 5) is 12.4. The number of carboxylic acid groups (broad SMARTS) is 1. The van der Waals surface area contributed by atoms with Gasteiger partial charge >= 0.3 is 5.97 Å². The SMILES string of the molecule is CC12CC[C@](C)(C(=O)O)CC1C1=CCC3C4(C)CCC(OCCCc5ccccc5)C(C)(C)C4CCC3(C)[C@]1(C)CC2. The highest BCUT2D eigenvalue weighted by Gasteiger charge is 2.68. The van der Waals surface area contributed by atoms with E-state index >= 15 is 0 Å². The average molecular weight is 575 g/mol. The first kappa shape index (κ1) is 30.4. The molecule has 9 atom stereocenters. The van der Waals surface area contributed by atoms with Gasteiger partial charge in [-0.05, 0) is 134 Å². The van der Waals surface area contributed by atoms with Gasteiger partial charge in [0.1, 0.15) is 0 Å². The highest BCUT2D eigenvalue weighted by Crippen LogP contribution is 2.75. The zero-order chi connectivity index (χ0) is 30.2. The summed E-state index contributed by atoms with van der Waals surface area (Å²) in [6.07, 6.45) is 16.6. The first-order valence-electron chi connectivity index (χ1n) is 17.3. The van der Waals surface area contributed by atoms with E-state index < -0.39 is 11.4 Å². The highest BCUT2D eigenvalue weighted by molar-refractivity contribution is 5.74. The number of hydrogen-bond donors (Lipinski definition) is 1. The molecule has 1 N–H and O–H groups in total. The number of benzene rings is 1. The molecule has 0 radical (unpaired) electrons. The van der Waals surface area contributed by atoms with Crippen molar-refractivity contribution in [3.63, 3.8) is 0 Å². The smallest absolute Gasteiger partial charge is 0.309 e.